The maximum Gasteiger partial charge on any atom is 0.325 e. The third kappa shape index (κ3) is 3.15. The van der Waals surface area contributed by atoms with Gasteiger partial charge < -0.3 is 14.7 Å². The molecule has 0 aromatic carbocycles. The van der Waals surface area contributed by atoms with Gasteiger partial charge in [0.15, 0.2) is 18.2 Å². The zero-order valence-corrected chi connectivity index (χ0v) is 15.9. The van der Waals surface area contributed by atoms with Crippen molar-refractivity contribution in [3.63, 3.8) is 0 Å². The van der Waals surface area contributed by atoms with Crippen LogP contribution in [0.15, 0.2) is 4.99 Å². The molecule has 1 saturated carbocycles. The molecule has 0 radical (unpaired) electrons. The van der Waals surface area contributed by atoms with Crippen LogP contribution in [0.5, 0.6) is 0 Å². The van der Waals surface area contributed by atoms with Crippen molar-refractivity contribution in [3.05, 3.63) is 0 Å². The van der Waals surface area contributed by atoms with Gasteiger partial charge in [-0.3, -0.25) is 15.0 Å². The van der Waals surface area contributed by atoms with Crippen LogP contribution < -0.4 is 5.32 Å². The number of nitrogens with one attached hydrogen (secondary N) is 1. The van der Waals surface area contributed by atoms with Crippen molar-refractivity contribution in [2.45, 2.75) is 44.3 Å². The molecule has 2 unspecified atom stereocenters. The van der Waals surface area contributed by atoms with Crippen LogP contribution >= 0.6 is 0 Å². The number of hydrogen-bond acceptors (Lipinski definition) is 6. The normalized spacial score (nSPS) is 31.2. The van der Waals surface area contributed by atoms with Crippen molar-refractivity contribution in [2.24, 2.45) is 10.9 Å². The van der Waals surface area contributed by atoms with E-state index >= 15 is 0 Å². The fraction of sp³-hybridized carbons (Fsp3) is 0.833. The van der Waals surface area contributed by atoms with E-state index in [0.717, 1.165) is 38.1 Å². The minimum atomic E-state index is -0.423. The molecule has 1 aliphatic carbocycles. The molecule has 4 aliphatic rings. The molecule has 4 rings (SSSR count). The molecule has 3 fully saturated rings. The molecule has 0 bridgehead atoms. The molecule has 8 nitrogen and oxygen atoms in total. The number of carbonyl (C=O) groups is 2. The minimum absolute atomic E-state index is 0.254. The number of fused-ring (bicyclic) bond motifs is 1. The second-order valence-electron chi connectivity index (χ2n) is 8.10. The van der Waals surface area contributed by atoms with Crippen LogP contribution in [-0.4, -0.2) is 96.5 Å². The highest BCUT2D eigenvalue weighted by Gasteiger charge is 2.48. The van der Waals surface area contributed by atoms with E-state index < -0.39 is 12.2 Å². The van der Waals surface area contributed by atoms with Gasteiger partial charge in [-0.25, -0.2) is 9.79 Å². The number of hydrogen-bond donors (Lipinski definition) is 1. The molecule has 1 N–H and O–H groups in total. The molecule has 2 atom stereocenters. The number of nitrogens with zero attached hydrogens (tertiary/aromatic N) is 5. The summed E-state index contributed by atoms with van der Waals surface area (Å²) in [5, 5.41) is 2.41. The van der Waals surface area contributed by atoms with Crippen LogP contribution in [0.4, 0.5) is 4.79 Å². The first kappa shape index (κ1) is 17.6. The topological polar surface area (TPSA) is 71.5 Å². The fourth-order valence-corrected chi connectivity index (χ4v) is 4.77. The van der Waals surface area contributed by atoms with E-state index in [1.807, 2.05) is 11.9 Å². The third-order valence-corrected chi connectivity index (χ3v) is 6.38. The van der Waals surface area contributed by atoms with E-state index in [-0.39, 0.29) is 11.9 Å². The van der Waals surface area contributed by atoms with Gasteiger partial charge in [-0.15, -0.1) is 0 Å². The number of urea groups is 1. The van der Waals surface area contributed by atoms with Crippen molar-refractivity contribution in [3.8, 4) is 0 Å². The Morgan fingerprint density at radius 2 is 1.69 bits per heavy atom. The first-order chi connectivity index (χ1) is 12.5. The summed E-state index contributed by atoms with van der Waals surface area (Å²) in [6.45, 7) is 5.16. The summed E-state index contributed by atoms with van der Waals surface area (Å²) in [5.41, 5.74) is 0. The molecule has 3 aliphatic heterocycles. The fourth-order valence-electron chi connectivity index (χ4n) is 4.77. The van der Waals surface area contributed by atoms with Crippen LogP contribution in [0.1, 0.15) is 32.1 Å². The number of aliphatic imine (C=N–C) groups is 1. The van der Waals surface area contributed by atoms with Crippen LogP contribution in [-0.2, 0) is 4.79 Å². The van der Waals surface area contributed by atoms with Gasteiger partial charge in [-0.1, -0.05) is 19.3 Å². The zero-order chi connectivity index (χ0) is 18.3. The van der Waals surface area contributed by atoms with Gasteiger partial charge in [0.05, 0.1) is 0 Å². The van der Waals surface area contributed by atoms with Gasteiger partial charge in [0.1, 0.15) is 0 Å². The maximum absolute atomic E-state index is 12.2. The van der Waals surface area contributed by atoms with E-state index in [9.17, 15) is 9.59 Å². The lowest BCUT2D eigenvalue weighted by molar-refractivity contribution is -0.126. The van der Waals surface area contributed by atoms with Gasteiger partial charge in [0.25, 0.3) is 5.91 Å². The summed E-state index contributed by atoms with van der Waals surface area (Å²) in [6.07, 6.45) is 6.54. The lowest BCUT2D eigenvalue weighted by Gasteiger charge is -2.40. The Kier molecular flexibility index (Phi) is 4.77. The zero-order valence-electron chi connectivity index (χ0n) is 15.9. The summed E-state index contributed by atoms with van der Waals surface area (Å²) < 4.78 is 0. The highest BCUT2D eigenvalue weighted by atomic mass is 16.2. The smallest absolute Gasteiger partial charge is 0.325 e. The van der Waals surface area contributed by atoms with Crippen molar-refractivity contribution < 1.29 is 9.59 Å². The Bertz CT molecular complexity index is 594. The Morgan fingerprint density at radius 3 is 2.38 bits per heavy atom. The average Bonchev–Trinajstić information content (AvgIpc) is 2.99. The summed E-state index contributed by atoms with van der Waals surface area (Å²) in [5.74, 6) is 1.46. The lowest BCUT2D eigenvalue weighted by Crippen LogP contribution is -2.63. The minimum Gasteiger partial charge on any atom is -0.340 e. The second-order valence-corrected chi connectivity index (χ2v) is 8.10. The molecule has 3 heterocycles. The first-order valence-corrected chi connectivity index (χ1v) is 9.90. The average molecular weight is 362 g/mol. The van der Waals surface area contributed by atoms with Gasteiger partial charge >= 0.3 is 6.03 Å². The number of carbonyl (C=O) groups excluding carboxylic acids is 2. The van der Waals surface area contributed by atoms with Crippen molar-refractivity contribution in [1.82, 2.24) is 24.9 Å². The van der Waals surface area contributed by atoms with Crippen LogP contribution in [0.3, 0.4) is 0 Å². The van der Waals surface area contributed by atoms with Crippen molar-refractivity contribution in [2.75, 3.05) is 46.8 Å². The standard InChI is InChI=1S/C18H30N6O2/c1-21-14-15(22(2)18(26)20-16(14)25)19-17(21)24-10-8-23(9-11-24)12-13-6-4-3-5-7-13/h13-15H,3-12H2,1-2H3,(H,20,25,26). The highest BCUT2D eigenvalue weighted by molar-refractivity contribution is 6.03. The van der Waals surface area contributed by atoms with E-state index in [1.165, 1.54) is 43.5 Å². The summed E-state index contributed by atoms with van der Waals surface area (Å²) in [6, 6.07) is -0.792. The summed E-state index contributed by atoms with van der Waals surface area (Å²) >= 11 is 0. The monoisotopic (exact) mass is 362 g/mol. The van der Waals surface area contributed by atoms with E-state index in [0.29, 0.717) is 0 Å². The van der Waals surface area contributed by atoms with Crippen LogP contribution in [0.2, 0.25) is 0 Å². The molecule has 0 aromatic rings. The molecule has 26 heavy (non-hydrogen) atoms. The molecule has 144 valence electrons. The van der Waals surface area contributed by atoms with Crippen molar-refractivity contribution in [1.29, 1.82) is 0 Å². The molecule has 3 amide bonds. The number of amides is 3. The van der Waals surface area contributed by atoms with Gasteiger partial charge in [0.2, 0.25) is 0 Å². The van der Waals surface area contributed by atoms with Gasteiger partial charge in [0, 0.05) is 46.8 Å². The summed E-state index contributed by atoms with van der Waals surface area (Å²) in [7, 11) is 3.60. The predicted octanol–water partition coefficient (Wildman–Crippen LogP) is 0.362. The van der Waals surface area contributed by atoms with Crippen LogP contribution in [0, 0.1) is 5.92 Å². The largest absolute Gasteiger partial charge is 0.340 e. The molecule has 2 saturated heterocycles. The second kappa shape index (κ2) is 7.06. The lowest BCUT2D eigenvalue weighted by atomic mass is 9.89. The number of piperazine rings is 1. The Balaban J connectivity index is 1.36. The SMILES string of the molecule is CN1C(=O)NC(=O)C2C1N=C(N1CCN(CC3CCCCC3)CC1)N2C. The Morgan fingerprint density at radius 1 is 1.00 bits per heavy atom. The third-order valence-electron chi connectivity index (χ3n) is 6.38. The number of imide groups is 1. The molecule has 0 aromatic heterocycles. The van der Waals surface area contributed by atoms with Crippen LogP contribution in [0.25, 0.3) is 0 Å². The molecule has 0 spiro atoms. The number of guanidine groups is 1. The quantitative estimate of drug-likeness (QED) is 0.768. The number of likely N-dealkylation sites (N-methyl/N-ethyl adjacent to an activating group) is 2. The van der Waals surface area contributed by atoms with E-state index in [1.54, 1.807) is 7.05 Å². The summed E-state index contributed by atoms with van der Waals surface area (Å²) in [4.78, 5) is 37.1. The van der Waals surface area contributed by atoms with Gasteiger partial charge in [-0.2, -0.15) is 0 Å². The highest BCUT2D eigenvalue weighted by Crippen LogP contribution is 2.26. The van der Waals surface area contributed by atoms with Gasteiger partial charge in [-0.05, 0) is 18.8 Å². The number of rotatable bonds is 2. The maximum atomic E-state index is 12.2. The Labute approximate surface area is 155 Å². The predicted molar refractivity (Wildman–Crippen MR) is 98.7 cm³/mol. The van der Waals surface area contributed by atoms with E-state index in [2.05, 4.69) is 15.1 Å². The first-order valence-electron chi connectivity index (χ1n) is 9.90. The molecule has 8 heteroatoms. The molecular weight excluding hydrogens is 332 g/mol. The van der Waals surface area contributed by atoms with E-state index in [4.69, 9.17) is 4.99 Å². The van der Waals surface area contributed by atoms with Crippen molar-refractivity contribution >= 4 is 17.9 Å². The molecular formula is C18H30N6O2. The Hall–Kier alpha value is -1.83.